The van der Waals surface area contributed by atoms with Crippen molar-refractivity contribution in [1.82, 2.24) is 19.7 Å². The van der Waals surface area contributed by atoms with Crippen LogP contribution in [0, 0.1) is 6.92 Å². The third-order valence-corrected chi connectivity index (χ3v) is 4.85. The fourth-order valence-corrected chi connectivity index (χ4v) is 3.39. The van der Waals surface area contributed by atoms with E-state index in [4.69, 9.17) is 4.74 Å². The van der Waals surface area contributed by atoms with Crippen LogP contribution < -0.4 is 0 Å². The molecule has 2 heterocycles. The number of carbonyl (C=O) groups excluding carboxylic acids is 1. The van der Waals surface area contributed by atoms with Gasteiger partial charge in [-0.1, -0.05) is 30.0 Å². The number of rotatable bonds is 6. The highest BCUT2D eigenvalue weighted by Crippen LogP contribution is 2.31. The van der Waals surface area contributed by atoms with Gasteiger partial charge >= 0.3 is 5.97 Å². The number of para-hydroxylation sites is 1. The van der Waals surface area contributed by atoms with Crippen molar-refractivity contribution in [2.45, 2.75) is 31.2 Å². The molecule has 134 valence electrons. The number of carbonyl (C=O) groups is 1. The molecule has 1 aromatic carbocycles. The molecule has 0 amide bonds. The zero-order chi connectivity index (χ0) is 18.5. The van der Waals surface area contributed by atoms with E-state index in [0.717, 1.165) is 16.8 Å². The predicted molar refractivity (Wildman–Crippen MR) is 101 cm³/mol. The fraction of sp³-hybridized carbons (Fsp3) is 0.263. The maximum absolute atomic E-state index is 12.0. The van der Waals surface area contributed by atoms with Crippen molar-refractivity contribution >= 4 is 17.7 Å². The molecular weight excluding hydrogens is 348 g/mol. The minimum Gasteiger partial charge on any atom is -0.465 e. The molecule has 26 heavy (non-hydrogen) atoms. The van der Waals surface area contributed by atoms with Crippen LogP contribution in [0.4, 0.5) is 0 Å². The molecule has 1 atom stereocenters. The maximum atomic E-state index is 12.0. The van der Waals surface area contributed by atoms with Gasteiger partial charge in [-0.05, 0) is 44.5 Å². The van der Waals surface area contributed by atoms with E-state index in [-0.39, 0.29) is 11.2 Å². The third kappa shape index (κ3) is 3.77. The lowest BCUT2D eigenvalue weighted by Gasteiger charge is -2.14. The summed E-state index contributed by atoms with van der Waals surface area (Å²) in [5.41, 5.74) is 2.97. The van der Waals surface area contributed by atoms with Crippen molar-refractivity contribution in [3.8, 4) is 17.1 Å². The number of hydrogen-bond acceptors (Lipinski definition) is 6. The molecule has 0 unspecified atom stereocenters. The average molecular weight is 368 g/mol. The SMILES string of the molecule is CCOC(=O)[C@H](C)Sc1nnc(-c2ccncc2)n1-c1ccccc1C. The molecule has 0 spiro atoms. The quantitative estimate of drug-likeness (QED) is 0.488. The van der Waals surface area contributed by atoms with Crippen molar-refractivity contribution in [2.75, 3.05) is 6.61 Å². The summed E-state index contributed by atoms with van der Waals surface area (Å²) in [7, 11) is 0. The molecule has 0 saturated heterocycles. The second-order valence-electron chi connectivity index (χ2n) is 5.68. The van der Waals surface area contributed by atoms with E-state index in [1.807, 2.05) is 54.8 Å². The average Bonchev–Trinajstić information content (AvgIpc) is 3.06. The van der Waals surface area contributed by atoms with Gasteiger partial charge in [-0.25, -0.2) is 0 Å². The number of aryl methyl sites for hydroxylation is 1. The topological polar surface area (TPSA) is 69.9 Å². The van der Waals surface area contributed by atoms with Crippen LogP contribution in [0.1, 0.15) is 19.4 Å². The molecule has 2 aromatic heterocycles. The number of ether oxygens (including phenoxy) is 1. The standard InChI is InChI=1S/C19H20N4O2S/c1-4-25-18(24)14(3)26-19-22-21-17(15-9-11-20-12-10-15)23(19)16-8-6-5-7-13(16)2/h5-12,14H,4H2,1-3H3/t14-/m0/s1. The molecule has 0 aliphatic carbocycles. The van der Waals surface area contributed by atoms with Crippen molar-refractivity contribution < 1.29 is 9.53 Å². The van der Waals surface area contributed by atoms with E-state index in [1.54, 1.807) is 19.3 Å². The Hall–Kier alpha value is -2.67. The van der Waals surface area contributed by atoms with Crippen molar-refractivity contribution in [3.05, 3.63) is 54.4 Å². The number of nitrogens with zero attached hydrogens (tertiary/aromatic N) is 4. The molecule has 0 bridgehead atoms. The van der Waals surface area contributed by atoms with Gasteiger partial charge in [0.15, 0.2) is 11.0 Å². The Morgan fingerprint density at radius 1 is 1.19 bits per heavy atom. The Labute approximate surface area is 156 Å². The number of pyridine rings is 1. The van der Waals surface area contributed by atoms with Crippen LogP contribution in [-0.2, 0) is 9.53 Å². The van der Waals surface area contributed by atoms with E-state index in [0.29, 0.717) is 17.6 Å². The summed E-state index contributed by atoms with van der Waals surface area (Å²) in [5, 5.41) is 8.98. The predicted octanol–water partition coefficient (Wildman–Crippen LogP) is 3.68. The summed E-state index contributed by atoms with van der Waals surface area (Å²) in [6, 6.07) is 11.8. The van der Waals surface area contributed by atoms with Gasteiger partial charge in [-0.15, -0.1) is 10.2 Å². The summed E-state index contributed by atoms with van der Waals surface area (Å²) < 4.78 is 7.09. The molecule has 0 fully saturated rings. The van der Waals surface area contributed by atoms with Gasteiger partial charge in [-0.3, -0.25) is 14.3 Å². The van der Waals surface area contributed by atoms with Crippen LogP contribution in [0.2, 0.25) is 0 Å². The molecule has 0 saturated carbocycles. The molecule has 0 aliphatic rings. The first-order valence-electron chi connectivity index (χ1n) is 8.37. The van der Waals surface area contributed by atoms with Crippen LogP contribution in [0.3, 0.4) is 0 Å². The number of thioether (sulfide) groups is 1. The van der Waals surface area contributed by atoms with Gasteiger partial charge in [0.25, 0.3) is 0 Å². The normalized spacial score (nSPS) is 12.0. The summed E-state index contributed by atoms with van der Waals surface area (Å²) in [4.78, 5) is 16.1. The van der Waals surface area contributed by atoms with Crippen LogP contribution in [0.25, 0.3) is 17.1 Å². The first-order valence-corrected chi connectivity index (χ1v) is 9.25. The highest BCUT2D eigenvalue weighted by Gasteiger charge is 2.23. The van der Waals surface area contributed by atoms with E-state index in [1.165, 1.54) is 11.8 Å². The smallest absolute Gasteiger partial charge is 0.319 e. The van der Waals surface area contributed by atoms with Gasteiger partial charge in [0, 0.05) is 18.0 Å². The maximum Gasteiger partial charge on any atom is 0.319 e. The van der Waals surface area contributed by atoms with Crippen LogP contribution in [0.15, 0.2) is 53.9 Å². The Morgan fingerprint density at radius 2 is 1.92 bits per heavy atom. The zero-order valence-corrected chi connectivity index (χ0v) is 15.7. The number of benzene rings is 1. The molecule has 0 radical (unpaired) electrons. The molecule has 7 heteroatoms. The number of aromatic nitrogens is 4. The summed E-state index contributed by atoms with van der Waals surface area (Å²) in [6.45, 7) is 6.00. The van der Waals surface area contributed by atoms with Gasteiger partial charge < -0.3 is 4.74 Å². The monoisotopic (exact) mass is 368 g/mol. The number of hydrogen-bond donors (Lipinski definition) is 0. The second kappa shape index (κ2) is 8.14. The number of esters is 1. The Balaban J connectivity index is 2.07. The molecule has 6 nitrogen and oxygen atoms in total. The van der Waals surface area contributed by atoms with Gasteiger partial charge in [0.05, 0.1) is 12.3 Å². The Kier molecular flexibility index (Phi) is 5.68. The van der Waals surface area contributed by atoms with E-state index in [2.05, 4.69) is 15.2 Å². The summed E-state index contributed by atoms with van der Waals surface area (Å²) >= 11 is 1.34. The minimum absolute atomic E-state index is 0.262. The first-order chi connectivity index (χ1) is 12.6. The minimum atomic E-state index is -0.382. The van der Waals surface area contributed by atoms with Gasteiger partial charge in [-0.2, -0.15) is 0 Å². The van der Waals surface area contributed by atoms with Crippen molar-refractivity contribution in [1.29, 1.82) is 0 Å². The Morgan fingerprint density at radius 3 is 2.62 bits per heavy atom. The molecule has 3 rings (SSSR count). The summed E-state index contributed by atoms with van der Waals surface area (Å²) in [5.74, 6) is 0.447. The van der Waals surface area contributed by atoms with Crippen molar-refractivity contribution in [2.24, 2.45) is 0 Å². The first kappa shape index (κ1) is 18.1. The third-order valence-electron chi connectivity index (χ3n) is 3.83. The lowest BCUT2D eigenvalue weighted by Crippen LogP contribution is -2.17. The zero-order valence-electron chi connectivity index (χ0n) is 14.9. The van der Waals surface area contributed by atoms with E-state index in [9.17, 15) is 4.79 Å². The molecule has 0 aliphatic heterocycles. The van der Waals surface area contributed by atoms with Crippen LogP contribution in [-0.4, -0.2) is 37.6 Å². The molecule has 3 aromatic rings. The summed E-state index contributed by atoms with van der Waals surface area (Å²) in [6.07, 6.45) is 3.44. The lowest BCUT2D eigenvalue weighted by molar-refractivity contribution is -0.142. The van der Waals surface area contributed by atoms with Crippen molar-refractivity contribution in [3.63, 3.8) is 0 Å². The largest absolute Gasteiger partial charge is 0.465 e. The Bertz CT molecular complexity index is 896. The molecule has 0 N–H and O–H groups in total. The highest BCUT2D eigenvalue weighted by molar-refractivity contribution is 8.00. The lowest BCUT2D eigenvalue weighted by atomic mass is 10.2. The second-order valence-corrected chi connectivity index (χ2v) is 6.98. The highest BCUT2D eigenvalue weighted by atomic mass is 32.2. The van der Waals surface area contributed by atoms with Crippen LogP contribution >= 0.6 is 11.8 Å². The van der Waals surface area contributed by atoms with E-state index >= 15 is 0 Å². The van der Waals surface area contributed by atoms with Gasteiger partial charge in [0.1, 0.15) is 5.25 Å². The van der Waals surface area contributed by atoms with Gasteiger partial charge in [0.2, 0.25) is 0 Å². The van der Waals surface area contributed by atoms with Crippen LogP contribution in [0.5, 0.6) is 0 Å². The molecular formula is C19H20N4O2S. The van der Waals surface area contributed by atoms with E-state index < -0.39 is 0 Å². The fourth-order valence-electron chi connectivity index (χ4n) is 2.53.